The van der Waals surface area contributed by atoms with Gasteiger partial charge in [0.05, 0.1) is 13.2 Å². The second-order valence-electron chi connectivity index (χ2n) is 3.93. The maximum Gasteiger partial charge on any atom is 0.164 e. The van der Waals surface area contributed by atoms with Crippen LogP contribution in [0.4, 0.5) is 0 Å². The molecule has 0 aromatic heterocycles. The summed E-state index contributed by atoms with van der Waals surface area (Å²) in [6.07, 6.45) is 1.12. The molecular formula is C13H16O3. The summed E-state index contributed by atoms with van der Waals surface area (Å²) in [5.74, 6) is 0.166. The Kier molecular flexibility index (Phi) is 4.08. The molecule has 16 heavy (non-hydrogen) atoms. The molecule has 0 aliphatic carbocycles. The first-order valence-corrected chi connectivity index (χ1v) is 5.62. The van der Waals surface area contributed by atoms with Crippen LogP contribution in [-0.4, -0.2) is 25.1 Å². The predicted octanol–water partition coefficient (Wildman–Crippen LogP) is 1.95. The summed E-state index contributed by atoms with van der Waals surface area (Å²) in [7, 11) is 0. The molecule has 3 nitrogen and oxygen atoms in total. The fourth-order valence-electron chi connectivity index (χ4n) is 1.73. The van der Waals surface area contributed by atoms with Gasteiger partial charge >= 0.3 is 0 Å². The first kappa shape index (κ1) is 11.3. The number of rotatable bonds is 4. The molecule has 1 aromatic rings. The zero-order chi connectivity index (χ0) is 11.2. The van der Waals surface area contributed by atoms with E-state index in [9.17, 15) is 4.79 Å². The molecule has 0 bridgehead atoms. The molecule has 1 fully saturated rings. The highest BCUT2D eigenvalue weighted by Crippen LogP contribution is 2.10. The monoisotopic (exact) mass is 220 g/mol. The molecule has 1 aliphatic heterocycles. The van der Waals surface area contributed by atoms with Gasteiger partial charge in [-0.2, -0.15) is 0 Å². The quantitative estimate of drug-likeness (QED) is 0.778. The van der Waals surface area contributed by atoms with Crippen LogP contribution in [0.3, 0.4) is 0 Å². The molecule has 1 aliphatic rings. The number of hydrogen-bond acceptors (Lipinski definition) is 3. The van der Waals surface area contributed by atoms with Crippen molar-refractivity contribution in [3.63, 3.8) is 0 Å². The van der Waals surface area contributed by atoms with E-state index in [0.29, 0.717) is 26.2 Å². The molecule has 0 spiro atoms. The Hall–Kier alpha value is -1.19. The van der Waals surface area contributed by atoms with Crippen molar-refractivity contribution >= 4 is 5.78 Å². The number of benzene rings is 1. The molecule has 0 saturated carbocycles. The van der Waals surface area contributed by atoms with Gasteiger partial charge in [-0.15, -0.1) is 0 Å². The van der Waals surface area contributed by atoms with Gasteiger partial charge in [0.2, 0.25) is 0 Å². The van der Waals surface area contributed by atoms with Crippen LogP contribution in [0.5, 0.6) is 0 Å². The Morgan fingerprint density at radius 2 is 2.12 bits per heavy atom. The number of carbonyl (C=O) groups excluding carboxylic acids is 1. The topological polar surface area (TPSA) is 35.5 Å². The minimum Gasteiger partial charge on any atom is -0.374 e. The van der Waals surface area contributed by atoms with Crippen LogP contribution in [0, 0.1) is 0 Å². The van der Waals surface area contributed by atoms with Crippen LogP contribution >= 0.6 is 0 Å². The van der Waals surface area contributed by atoms with Crippen LogP contribution in [0.25, 0.3) is 0 Å². The van der Waals surface area contributed by atoms with Gasteiger partial charge in [-0.1, -0.05) is 30.3 Å². The molecule has 0 N–H and O–H groups in total. The lowest BCUT2D eigenvalue weighted by Gasteiger charge is -2.21. The van der Waals surface area contributed by atoms with Crippen LogP contribution in [0.1, 0.15) is 18.4 Å². The van der Waals surface area contributed by atoms with E-state index in [-0.39, 0.29) is 11.9 Å². The van der Waals surface area contributed by atoms with Crippen molar-refractivity contribution in [1.82, 2.24) is 0 Å². The molecule has 1 atom stereocenters. The summed E-state index contributed by atoms with van der Waals surface area (Å²) in [5.41, 5.74) is 1.12. The first-order valence-electron chi connectivity index (χ1n) is 5.62. The van der Waals surface area contributed by atoms with Gasteiger partial charge in [0.15, 0.2) is 5.78 Å². The van der Waals surface area contributed by atoms with Crippen molar-refractivity contribution in [1.29, 1.82) is 0 Å². The van der Waals surface area contributed by atoms with Crippen LogP contribution in [0.15, 0.2) is 30.3 Å². The van der Waals surface area contributed by atoms with Gasteiger partial charge in [-0.05, 0) is 12.0 Å². The van der Waals surface area contributed by atoms with E-state index in [1.807, 2.05) is 30.3 Å². The zero-order valence-electron chi connectivity index (χ0n) is 9.22. The number of ketones is 1. The van der Waals surface area contributed by atoms with E-state index < -0.39 is 0 Å². The van der Waals surface area contributed by atoms with E-state index in [0.717, 1.165) is 12.0 Å². The summed E-state index contributed by atoms with van der Waals surface area (Å²) in [6.45, 7) is 1.58. The average Bonchev–Trinajstić information content (AvgIpc) is 2.33. The van der Waals surface area contributed by atoms with Crippen LogP contribution in [-0.2, 0) is 20.9 Å². The van der Waals surface area contributed by atoms with Gasteiger partial charge in [0, 0.05) is 13.0 Å². The second kappa shape index (κ2) is 5.77. The highest BCUT2D eigenvalue weighted by molar-refractivity contribution is 5.83. The number of carbonyl (C=O) groups is 1. The van der Waals surface area contributed by atoms with Crippen molar-refractivity contribution in [3.8, 4) is 0 Å². The zero-order valence-corrected chi connectivity index (χ0v) is 9.22. The molecule has 1 saturated heterocycles. The Morgan fingerprint density at radius 1 is 1.31 bits per heavy atom. The maximum absolute atomic E-state index is 11.4. The van der Waals surface area contributed by atoms with Crippen molar-refractivity contribution in [2.75, 3.05) is 13.2 Å². The fraction of sp³-hybridized carbons (Fsp3) is 0.462. The third-order valence-electron chi connectivity index (χ3n) is 2.63. The van der Waals surface area contributed by atoms with Gasteiger partial charge in [0.1, 0.15) is 6.10 Å². The lowest BCUT2D eigenvalue weighted by molar-refractivity contribution is -0.140. The Labute approximate surface area is 95.4 Å². The smallest absolute Gasteiger partial charge is 0.164 e. The summed E-state index contributed by atoms with van der Waals surface area (Å²) in [5, 5.41) is 0. The van der Waals surface area contributed by atoms with E-state index in [1.165, 1.54) is 0 Å². The first-order chi connectivity index (χ1) is 7.86. The highest BCUT2D eigenvalue weighted by Gasteiger charge is 2.22. The SMILES string of the molecule is O=C1CCCOC1COCc1ccccc1. The van der Waals surface area contributed by atoms with Crippen LogP contribution in [0.2, 0.25) is 0 Å². The molecule has 1 heterocycles. The molecule has 0 radical (unpaired) electrons. The Bertz CT molecular complexity index is 334. The summed E-state index contributed by atoms with van der Waals surface area (Å²) in [4.78, 5) is 11.4. The second-order valence-corrected chi connectivity index (χ2v) is 3.93. The molecule has 86 valence electrons. The lowest BCUT2D eigenvalue weighted by atomic mass is 10.1. The third-order valence-corrected chi connectivity index (χ3v) is 2.63. The van der Waals surface area contributed by atoms with Gasteiger partial charge < -0.3 is 9.47 Å². The molecule has 0 amide bonds. The maximum atomic E-state index is 11.4. The fourth-order valence-corrected chi connectivity index (χ4v) is 1.73. The number of ether oxygens (including phenoxy) is 2. The number of Topliss-reactive ketones (excluding diaryl/α,β-unsaturated/α-hetero) is 1. The standard InChI is InChI=1S/C13H16O3/c14-12-7-4-8-16-13(12)10-15-9-11-5-2-1-3-6-11/h1-3,5-6,13H,4,7-10H2. The van der Waals surface area contributed by atoms with Crippen molar-refractivity contribution < 1.29 is 14.3 Å². The van der Waals surface area contributed by atoms with E-state index in [4.69, 9.17) is 9.47 Å². The average molecular weight is 220 g/mol. The van der Waals surface area contributed by atoms with E-state index >= 15 is 0 Å². The lowest BCUT2D eigenvalue weighted by Crippen LogP contribution is -2.33. The van der Waals surface area contributed by atoms with Gasteiger partial charge in [-0.25, -0.2) is 0 Å². The summed E-state index contributed by atoms with van der Waals surface area (Å²) < 4.78 is 10.8. The highest BCUT2D eigenvalue weighted by atomic mass is 16.5. The summed E-state index contributed by atoms with van der Waals surface area (Å²) >= 11 is 0. The molecule has 1 aromatic carbocycles. The minimum atomic E-state index is -0.350. The normalized spacial score (nSPS) is 21.0. The van der Waals surface area contributed by atoms with Gasteiger partial charge in [0.25, 0.3) is 0 Å². The minimum absolute atomic E-state index is 0.166. The molecule has 2 rings (SSSR count). The predicted molar refractivity (Wildman–Crippen MR) is 60.1 cm³/mol. The number of hydrogen-bond donors (Lipinski definition) is 0. The largest absolute Gasteiger partial charge is 0.374 e. The van der Waals surface area contributed by atoms with E-state index in [2.05, 4.69) is 0 Å². The molecule has 1 unspecified atom stereocenters. The van der Waals surface area contributed by atoms with Crippen LogP contribution < -0.4 is 0 Å². The third kappa shape index (κ3) is 3.15. The summed E-state index contributed by atoms with van der Waals surface area (Å²) in [6, 6.07) is 9.92. The molecular weight excluding hydrogens is 204 g/mol. The molecule has 3 heteroatoms. The van der Waals surface area contributed by atoms with Crippen molar-refractivity contribution in [2.45, 2.75) is 25.6 Å². The van der Waals surface area contributed by atoms with Crippen molar-refractivity contribution in [3.05, 3.63) is 35.9 Å². The van der Waals surface area contributed by atoms with Crippen molar-refractivity contribution in [2.24, 2.45) is 0 Å². The Balaban J connectivity index is 1.73. The van der Waals surface area contributed by atoms with E-state index in [1.54, 1.807) is 0 Å². The Morgan fingerprint density at radius 3 is 2.88 bits per heavy atom. The van der Waals surface area contributed by atoms with Gasteiger partial charge in [-0.3, -0.25) is 4.79 Å².